The van der Waals surface area contributed by atoms with E-state index in [0.717, 1.165) is 41.0 Å². The van der Waals surface area contributed by atoms with Gasteiger partial charge in [-0.2, -0.15) is 21.9 Å². The standard InChI is InChI=1S/C33H40N8O9S3/c1-7-40(15-14-35-51(6,42)43)24-12-13-28(21(2)16-24)36-29-30(33(3,4)5)38-41-32(29)37-31(39-41)22-8-10-23(11-9-22)34-20-50-25-17-26(52(44,45)46)19-27(18-25)53(47,48)49/h8-13,16-19,34-35H,7,14-15,20H2,1-6H3,(H,44,45,46)(H,47,48,49). The Hall–Kier alpha value is -4.73. The lowest BCUT2D eigenvalue weighted by atomic mass is 9.87. The second-order valence-corrected chi connectivity index (χ2v) is 17.8. The van der Waals surface area contributed by atoms with Crippen molar-refractivity contribution >= 4 is 58.7 Å². The minimum absolute atomic E-state index is 0.225. The van der Waals surface area contributed by atoms with E-state index in [1.807, 2.05) is 52.8 Å². The van der Waals surface area contributed by atoms with Crippen LogP contribution >= 0.6 is 0 Å². The van der Waals surface area contributed by atoms with Gasteiger partial charge in [-0.25, -0.2) is 23.1 Å². The molecule has 4 N–H and O–H groups in total. The van der Waals surface area contributed by atoms with Crippen molar-refractivity contribution in [1.29, 1.82) is 0 Å². The number of nitrogens with zero attached hydrogens (tertiary/aromatic N) is 6. The molecule has 1 aliphatic heterocycles. The van der Waals surface area contributed by atoms with Crippen LogP contribution < -0.4 is 19.7 Å². The highest BCUT2D eigenvalue weighted by Crippen LogP contribution is 2.31. The van der Waals surface area contributed by atoms with Crippen LogP contribution in [0.1, 0.15) is 39.1 Å². The molecule has 4 aromatic rings. The van der Waals surface area contributed by atoms with Crippen molar-refractivity contribution in [3.05, 3.63) is 72.1 Å². The van der Waals surface area contributed by atoms with E-state index in [0.29, 0.717) is 47.8 Å². The van der Waals surface area contributed by atoms with Crippen molar-refractivity contribution in [2.75, 3.05) is 42.8 Å². The summed E-state index contributed by atoms with van der Waals surface area (Å²) in [7, 11) is -12.9. The first-order chi connectivity index (χ1) is 24.6. The number of rotatable bonds is 14. The summed E-state index contributed by atoms with van der Waals surface area (Å²) in [5.41, 5.74) is 4.76. The van der Waals surface area contributed by atoms with E-state index in [1.54, 1.807) is 24.3 Å². The van der Waals surface area contributed by atoms with Crippen molar-refractivity contribution in [2.24, 2.45) is 15.5 Å². The fraction of sp³-hybridized carbons (Fsp3) is 0.333. The van der Waals surface area contributed by atoms with Crippen LogP contribution in [0, 0.1) is 12.3 Å². The molecule has 0 bridgehead atoms. The summed E-state index contributed by atoms with van der Waals surface area (Å²) in [6.45, 7) is 11.3. The molecular formula is C33H40N8O9S3. The number of nitrogens with one attached hydrogen (secondary N) is 2. The number of aryl methyl sites for hydroxylation is 1. The van der Waals surface area contributed by atoms with E-state index >= 15 is 0 Å². The second kappa shape index (κ2) is 15.0. The Kier molecular flexibility index (Phi) is 11.1. The van der Waals surface area contributed by atoms with Gasteiger partial charge in [-0.15, -0.1) is 9.89 Å². The summed E-state index contributed by atoms with van der Waals surface area (Å²) in [5.74, 6) is 0.651. The Bertz CT molecular complexity index is 2370. The molecule has 3 aromatic carbocycles. The fourth-order valence-electron chi connectivity index (χ4n) is 5.29. The quantitative estimate of drug-likeness (QED) is 0.105. The van der Waals surface area contributed by atoms with Gasteiger partial charge in [-0.3, -0.25) is 9.11 Å². The molecule has 0 spiro atoms. The third-order valence-electron chi connectivity index (χ3n) is 7.94. The number of likely N-dealkylation sites (N-methyl/N-ethyl adjacent to an activating group) is 1. The smallest absolute Gasteiger partial charge is 0.294 e. The summed E-state index contributed by atoms with van der Waals surface area (Å²) < 4.78 is 96.0. The maximum atomic E-state index is 11.6. The largest absolute Gasteiger partial charge is 0.473 e. The molecule has 0 aliphatic carbocycles. The monoisotopic (exact) mass is 788 g/mol. The first-order valence-corrected chi connectivity index (χ1v) is 20.9. The zero-order chi connectivity index (χ0) is 38.9. The van der Waals surface area contributed by atoms with Gasteiger partial charge in [0.2, 0.25) is 15.8 Å². The zero-order valence-electron chi connectivity index (χ0n) is 29.8. The van der Waals surface area contributed by atoms with Gasteiger partial charge in [0, 0.05) is 54.1 Å². The fourth-order valence-corrected chi connectivity index (χ4v) is 6.90. The normalized spacial score (nSPS) is 14.3. The molecule has 0 fully saturated rings. The average molecular weight is 789 g/mol. The number of benzene rings is 3. The molecule has 0 radical (unpaired) electrons. The summed E-state index contributed by atoms with van der Waals surface area (Å²) in [6, 6.07) is 15.3. The number of fused-ring (bicyclic) bond motifs is 1. The first kappa shape index (κ1) is 39.5. The van der Waals surface area contributed by atoms with E-state index < -0.39 is 40.1 Å². The zero-order valence-corrected chi connectivity index (χ0v) is 32.2. The van der Waals surface area contributed by atoms with Crippen molar-refractivity contribution < 1.29 is 39.1 Å². The van der Waals surface area contributed by atoms with E-state index in [9.17, 15) is 34.4 Å². The maximum Gasteiger partial charge on any atom is 0.294 e. The van der Waals surface area contributed by atoms with Crippen molar-refractivity contribution in [3.8, 4) is 17.1 Å². The molecule has 1 aromatic heterocycles. The van der Waals surface area contributed by atoms with Crippen LogP contribution in [0.5, 0.6) is 5.75 Å². The number of anilines is 2. The number of ether oxygens (including phenoxy) is 1. The highest BCUT2D eigenvalue weighted by Gasteiger charge is 2.35. The second-order valence-electron chi connectivity index (χ2n) is 13.2. The minimum atomic E-state index is -4.78. The van der Waals surface area contributed by atoms with E-state index in [4.69, 9.17) is 19.8 Å². The van der Waals surface area contributed by atoms with Crippen LogP contribution in [0.2, 0.25) is 0 Å². The Morgan fingerprint density at radius 1 is 0.925 bits per heavy atom. The number of aliphatic imine (C=N–C) groups is 1. The molecule has 0 saturated heterocycles. The molecule has 284 valence electrons. The summed E-state index contributed by atoms with van der Waals surface area (Å²) >= 11 is 0. The molecule has 0 saturated carbocycles. The summed E-state index contributed by atoms with van der Waals surface area (Å²) in [4.78, 5) is 11.8. The van der Waals surface area contributed by atoms with Gasteiger partial charge in [-0.1, -0.05) is 20.8 Å². The van der Waals surface area contributed by atoms with Gasteiger partial charge < -0.3 is 15.0 Å². The lowest BCUT2D eigenvalue weighted by Gasteiger charge is -2.24. The summed E-state index contributed by atoms with van der Waals surface area (Å²) in [5, 5.41) is 12.3. The molecule has 5 rings (SSSR count). The van der Waals surface area contributed by atoms with Gasteiger partial charge in [0.05, 0.1) is 27.4 Å². The molecule has 0 atom stereocenters. The molecular weight excluding hydrogens is 749 g/mol. The van der Waals surface area contributed by atoms with Gasteiger partial charge >= 0.3 is 0 Å². The molecule has 0 unspecified atom stereocenters. The minimum Gasteiger partial charge on any atom is -0.473 e. The maximum absolute atomic E-state index is 11.6. The van der Waals surface area contributed by atoms with E-state index in [-0.39, 0.29) is 24.4 Å². The van der Waals surface area contributed by atoms with Crippen LogP contribution in [0.25, 0.3) is 11.4 Å². The van der Waals surface area contributed by atoms with Gasteiger partial charge in [0.25, 0.3) is 20.2 Å². The first-order valence-electron chi connectivity index (χ1n) is 16.2. The highest BCUT2D eigenvalue weighted by atomic mass is 32.2. The third-order valence-corrected chi connectivity index (χ3v) is 10.3. The molecule has 53 heavy (non-hydrogen) atoms. The lowest BCUT2D eigenvalue weighted by Crippen LogP contribution is -2.34. The van der Waals surface area contributed by atoms with Crippen LogP contribution in [-0.4, -0.2) is 93.3 Å². The Morgan fingerprint density at radius 3 is 2.11 bits per heavy atom. The Balaban J connectivity index is 1.33. The molecule has 0 amide bonds. The number of hydrogen-bond donors (Lipinski definition) is 4. The third kappa shape index (κ3) is 9.83. The van der Waals surface area contributed by atoms with E-state index in [2.05, 4.69) is 20.0 Å². The molecule has 2 heterocycles. The Morgan fingerprint density at radius 2 is 1.57 bits per heavy atom. The molecule has 20 heteroatoms. The summed E-state index contributed by atoms with van der Waals surface area (Å²) in [6.07, 6.45) is 1.13. The SMILES string of the molecule is CCN(CCNS(C)(=O)=O)c1ccc(N=C2C(C(C)(C)C)=Nn3nc(-c4ccc(NCOc5cc(S(=O)(=O)O)cc(S(=O)(=O)O)c5)cc4)nc32)c(C)c1. The number of hydrogen-bond acceptors (Lipinski definition) is 13. The predicted octanol–water partition coefficient (Wildman–Crippen LogP) is 3.96. The van der Waals surface area contributed by atoms with Gasteiger partial charge in [-0.05, 0) is 67.9 Å². The number of aromatic nitrogens is 3. The number of sulfonamides is 1. The van der Waals surface area contributed by atoms with Crippen LogP contribution in [-0.2, 0) is 30.3 Å². The Labute approximate surface area is 308 Å². The van der Waals surface area contributed by atoms with Crippen LogP contribution in [0.3, 0.4) is 0 Å². The molecule has 1 aliphatic rings. The van der Waals surface area contributed by atoms with Crippen molar-refractivity contribution in [1.82, 2.24) is 19.6 Å². The topological polar surface area (TPSA) is 235 Å². The average Bonchev–Trinajstić information content (AvgIpc) is 3.62. The van der Waals surface area contributed by atoms with E-state index in [1.165, 1.54) is 4.79 Å². The van der Waals surface area contributed by atoms with Crippen molar-refractivity contribution in [2.45, 2.75) is 44.4 Å². The van der Waals surface area contributed by atoms with Crippen LogP contribution in [0.15, 0.2) is 80.5 Å². The predicted molar refractivity (Wildman–Crippen MR) is 201 cm³/mol. The lowest BCUT2D eigenvalue weighted by molar-refractivity contribution is 0.344. The van der Waals surface area contributed by atoms with Gasteiger partial charge in [0.15, 0.2) is 12.6 Å². The highest BCUT2D eigenvalue weighted by molar-refractivity contribution is 7.88. The van der Waals surface area contributed by atoms with Crippen LogP contribution in [0.4, 0.5) is 17.1 Å². The van der Waals surface area contributed by atoms with Gasteiger partial charge in [0.1, 0.15) is 11.5 Å². The molecule has 17 nitrogen and oxygen atoms in total. The van der Waals surface area contributed by atoms with Crippen molar-refractivity contribution in [3.63, 3.8) is 0 Å².